The molecule has 1 aromatic heterocycles. The third-order valence-electron chi connectivity index (χ3n) is 1.46. The van der Waals surface area contributed by atoms with Crippen LogP contribution in [0.15, 0.2) is 24.4 Å². The number of H-pyrrole nitrogens is 1. The number of aromatic amines is 1. The van der Waals surface area contributed by atoms with Gasteiger partial charge in [0.25, 0.3) is 0 Å². The number of aromatic nitrogens is 1. The van der Waals surface area contributed by atoms with Gasteiger partial charge in [-0.3, -0.25) is 0 Å². The standard InChI is InChI=1S/C8H5BrN/c9-7-2-1-3-8-6(7)4-5-10-8/h1-2,4-5,10H/q+1. The van der Waals surface area contributed by atoms with Gasteiger partial charge in [-0.05, 0) is 15.9 Å². The normalized spacial score (nSPS) is 13.9. The number of fused-ring (bicyclic) bond motifs is 1. The summed E-state index contributed by atoms with van der Waals surface area (Å²) < 4.78 is 1.11. The molecular formula is C8H5BrN+. The first kappa shape index (κ1) is 5.90. The molecule has 1 nitrogen and oxygen atoms in total. The average molecular weight is 195 g/mol. The molecule has 0 bridgehead atoms. The molecule has 1 heterocycles. The molecule has 0 aliphatic heterocycles. The molecule has 2 rings (SSSR count). The highest BCUT2D eigenvalue weighted by Crippen LogP contribution is 2.05. The summed E-state index contributed by atoms with van der Waals surface area (Å²) in [6, 6.07) is 2.02. The number of halogens is 1. The van der Waals surface area contributed by atoms with Crippen LogP contribution in [0.5, 0.6) is 0 Å². The second kappa shape index (κ2) is 2.08. The van der Waals surface area contributed by atoms with Crippen LogP contribution in [0.1, 0.15) is 0 Å². The number of rotatable bonds is 0. The molecule has 0 aromatic carbocycles. The van der Waals surface area contributed by atoms with Gasteiger partial charge >= 0.3 is 0 Å². The van der Waals surface area contributed by atoms with Crippen LogP contribution in [-0.2, 0) is 0 Å². The van der Waals surface area contributed by atoms with E-state index in [4.69, 9.17) is 0 Å². The van der Waals surface area contributed by atoms with Gasteiger partial charge < -0.3 is 4.98 Å². The number of nitrogens with one attached hydrogen (secondary N) is 1. The largest absolute Gasteiger partial charge is 0.331 e. The lowest BCUT2D eigenvalue weighted by atomic mass is 10.3. The first-order valence-electron chi connectivity index (χ1n) is 3.01. The third-order valence-corrected chi connectivity index (χ3v) is 2.15. The van der Waals surface area contributed by atoms with E-state index in [1.165, 1.54) is 5.22 Å². The van der Waals surface area contributed by atoms with Crippen molar-refractivity contribution in [3.05, 3.63) is 35.0 Å². The van der Waals surface area contributed by atoms with E-state index >= 15 is 0 Å². The summed E-state index contributed by atoms with van der Waals surface area (Å²) in [6.45, 7) is 0. The Labute approximate surface area is 66.9 Å². The van der Waals surface area contributed by atoms with Crippen LogP contribution in [0, 0.1) is 0 Å². The average Bonchev–Trinajstić information content (AvgIpc) is 2.36. The lowest BCUT2D eigenvalue weighted by Crippen LogP contribution is -2.24. The van der Waals surface area contributed by atoms with Crippen molar-refractivity contribution in [1.82, 2.24) is 4.98 Å². The van der Waals surface area contributed by atoms with Crippen molar-refractivity contribution in [2.24, 2.45) is 0 Å². The molecule has 1 aliphatic rings. The summed E-state index contributed by atoms with van der Waals surface area (Å²) in [4.78, 5) is 3.07. The van der Waals surface area contributed by atoms with Crippen molar-refractivity contribution in [2.45, 2.75) is 0 Å². The maximum Gasteiger partial charge on any atom is 0.215 e. The zero-order valence-electron chi connectivity index (χ0n) is 5.19. The Bertz CT molecular complexity index is 384. The first-order valence-corrected chi connectivity index (χ1v) is 3.80. The molecule has 1 aliphatic carbocycles. The maximum atomic E-state index is 3.44. The lowest BCUT2D eigenvalue weighted by molar-refractivity contribution is 1.31. The van der Waals surface area contributed by atoms with Crippen molar-refractivity contribution in [2.75, 3.05) is 0 Å². The highest BCUT2D eigenvalue weighted by atomic mass is 79.9. The Morgan fingerprint density at radius 1 is 1.50 bits per heavy atom. The van der Waals surface area contributed by atoms with Gasteiger partial charge in [-0.2, -0.15) is 0 Å². The van der Waals surface area contributed by atoms with Crippen molar-refractivity contribution in [1.29, 1.82) is 0 Å². The lowest BCUT2D eigenvalue weighted by Gasteiger charge is -1.79. The van der Waals surface area contributed by atoms with Gasteiger partial charge in [0.15, 0.2) is 0 Å². The molecule has 0 saturated heterocycles. The Morgan fingerprint density at radius 2 is 2.40 bits per heavy atom. The SMILES string of the molecule is BrC1=c2cc[nH]c2=[C+]C=C1. The molecule has 1 aromatic rings. The molecule has 0 atom stereocenters. The van der Waals surface area contributed by atoms with Gasteiger partial charge in [0, 0.05) is 12.3 Å². The van der Waals surface area contributed by atoms with Crippen LogP contribution >= 0.6 is 15.9 Å². The number of allylic oxidation sites excluding steroid dienone is 2. The quantitative estimate of drug-likeness (QED) is 0.588. The van der Waals surface area contributed by atoms with Crippen molar-refractivity contribution in [3.63, 3.8) is 0 Å². The molecule has 0 radical (unpaired) electrons. The van der Waals surface area contributed by atoms with E-state index < -0.39 is 0 Å². The second-order valence-electron chi connectivity index (χ2n) is 2.09. The molecule has 0 amide bonds. The van der Waals surface area contributed by atoms with Crippen LogP contribution in [0.3, 0.4) is 0 Å². The van der Waals surface area contributed by atoms with Crippen molar-refractivity contribution >= 4 is 26.5 Å². The zero-order chi connectivity index (χ0) is 6.97. The molecule has 48 valence electrons. The molecule has 10 heavy (non-hydrogen) atoms. The van der Waals surface area contributed by atoms with Gasteiger partial charge in [-0.25, -0.2) is 0 Å². The van der Waals surface area contributed by atoms with E-state index in [1.807, 2.05) is 24.4 Å². The fraction of sp³-hybridized carbons (Fsp3) is 0. The van der Waals surface area contributed by atoms with Crippen molar-refractivity contribution in [3.8, 4) is 0 Å². The Morgan fingerprint density at radius 3 is 3.20 bits per heavy atom. The number of hydrogen-bond donors (Lipinski definition) is 1. The van der Waals surface area contributed by atoms with Crippen LogP contribution in [0.2, 0.25) is 0 Å². The van der Waals surface area contributed by atoms with E-state index in [2.05, 4.69) is 27.0 Å². The molecule has 0 fully saturated rings. The highest BCUT2D eigenvalue weighted by molar-refractivity contribution is 9.15. The summed E-state index contributed by atoms with van der Waals surface area (Å²) in [7, 11) is 0. The van der Waals surface area contributed by atoms with E-state index in [0.717, 1.165) is 9.83 Å². The molecular weight excluding hydrogens is 190 g/mol. The molecule has 0 unspecified atom stereocenters. The summed E-state index contributed by atoms with van der Waals surface area (Å²) >= 11 is 3.44. The Hall–Kier alpha value is -0.850. The summed E-state index contributed by atoms with van der Waals surface area (Å²) in [5.74, 6) is 0. The predicted octanol–water partition coefficient (Wildman–Crippen LogP) is 0.745. The van der Waals surface area contributed by atoms with Gasteiger partial charge in [0.05, 0.1) is 12.2 Å². The minimum atomic E-state index is 1.05. The fourth-order valence-corrected chi connectivity index (χ4v) is 1.44. The summed E-state index contributed by atoms with van der Waals surface area (Å²) in [5.41, 5.74) is 0. The van der Waals surface area contributed by atoms with Crippen molar-refractivity contribution < 1.29 is 0 Å². The Balaban J connectivity index is 3.01. The fourth-order valence-electron chi connectivity index (χ4n) is 0.976. The molecule has 0 saturated carbocycles. The second-order valence-corrected chi connectivity index (χ2v) is 2.95. The third kappa shape index (κ3) is 0.737. The molecule has 1 N–H and O–H groups in total. The zero-order valence-corrected chi connectivity index (χ0v) is 6.77. The smallest absolute Gasteiger partial charge is 0.215 e. The topological polar surface area (TPSA) is 15.8 Å². The Kier molecular flexibility index (Phi) is 1.23. The van der Waals surface area contributed by atoms with E-state index in [-0.39, 0.29) is 0 Å². The van der Waals surface area contributed by atoms with Crippen LogP contribution < -0.4 is 10.6 Å². The van der Waals surface area contributed by atoms with Crippen LogP contribution in [-0.4, -0.2) is 4.98 Å². The van der Waals surface area contributed by atoms with Crippen LogP contribution in [0.25, 0.3) is 10.6 Å². The highest BCUT2D eigenvalue weighted by Gasteiger charge is 2.04. The minimum Gasteiger partial charge on any atom is -0.331 e. The minimum absolute atomic E-state index is 1.05. The van der Waals surface area contributed by atoms with Gasteiger partial charge in [0.2, 0.25) is 5.35 Å². The maximum absolute atomic E-state index is 3.44. The van der Waals surface area contributed by atoms with E-state index in [9.17, 15) is 0 Å². The monoisotopic (exact) mass is 194 g/mol. The van der Waals surface area contributed by atoms with Gasteiger partial charge in [-0.1, -0.05) is 0 Å². The van der Waals surface area contributed by atoms with Gasteiger partial charge in [0.1, 0.15) is 15.8 Å². The molecule has 2 heteroatoms. The van der Waals surface area contributed by atoms with E-state index in [1.54, 1.807) is 0 Å². The first-order chi connectivity index (χ1) is 4.88. The van der Waals surface area contributed by atoms with Gasteiger partial charge in [-0.15, -0.1) is 0 Å². The summed E-state index contributed by atoms with van der Waals surface area (Å²) in [5, 5.41) is 2.23. The summed E-state index contributed by atoms with van der Waals surface area (Å²) in [6.07, 6.45) is 8.87. The molecule has 0 spiro atoms. The van der Waals surface area contributed by atoms with E-state index in [0.29, 0.717) is 0 Å². The number of hydrogen-bond acceptors (Lipinski definition) is 0. The predicted molar refractivity (Wildman–Crippen MR) is 44.9 cm³/mol. The van der Waals surface area contributed by atoms with Crippen LogP contribution in [0.4, 0.5) is 0 Å².